The summed E-state index contributed by atoms with van der Waals surface area (Å²) in [5.41, 5.74) is 8.92. The van der Waals surface area contributed by atoms with Gasteiger partial charge in [0.25, 0.3) is 0 Å². The third-order valence-electron chi connectivity index (χ3n) is 3.95. The van der Waals surface area contributed by atoms with Gasteiger partial charge in [0.05, 0.1) is 11.0 Å². The van der Waals surface area contributed by atoms with Gasteiger partial charge in [-0.3, -0.25) is 4.79 Å². The Labute approximate surface area is 138 Å². The number of ketones is 1. The van der Waals surface area contributed by atoms with Crippen LogP contribution in [0.3, 0.4) is 0 Å². The molecule has 1 aromatic carbocycles. The number of nitrogens with zero attached hydrogens (tertiary/aromatic N) is 1. The lowest BCUT2D eigenvalue weighted by Gasteiger charge is -2.23. The first-order valence-electron chi connectivity index (χ1n) is 7.91. The number of nitrogens with two attached hydrogens (primary N) is 1. The summed E-state index contributed by atoms with van der Waals surface area (Å²) in [6.45, 7) is 11.5. The highest BCUT2D eigenvalue weighted by Gasteiger charge is 2.28. The molecular formula is C19H27N3O. The van der Waals surface area contributed by atoms with Gasteiger partial charge in [-0.15, -0.1) is 11.8 Å². The summed E-state index contributed by atoms with van der Waals surface area (Å²) in [5, 5.41) is 0. The van der Waals surface area contributed by atoms with E-state index in [4.69, 9.17) is 5.73 Å². The molecule has 3 N–H and O–H groups in total. The fourth-order valence-corrected chi connectivity index (χ4v) is 2.30. The van der Waals surface area contributed by atoms with Crippen molar-refractivity contribution in [3.8, 4) is 11.8 Å². The lowest BCUT2D eigenvalue weighted by atomic mass is 9.79. The van der Waals surface area contributed by atoms with Crippen LogP contribution in [0.2, 0.25) is 0 Å². The van der Waals surface area contributed by atoms with Crippen LogP contribution in [-0.2, 0) is 10.2 Å². The Morgan fingerprint density at radius 3 is 2.52 bits per heavy atom. The summed E-state index contributed by atoms with van der Waals surface area (Å²) in [6, 6.07) is 3.93. The van der Waals surface area contributed by atoms with Crippen molar-refractivity contribution in [1.82, 2.24) is 9.97 Å². The number of carbonyl (C=O) groups excluding carboxylic acids is 1. The molecule has 0 spiro atoms. The van der Waals surface area contributed by atoms with Crippen LogP contribution in [-0.4, -0.2) is 15.8 Å². The number of hydrogen-bond donors (Lipinski definition) is 2. The van der Waals surface area contributed by atoms with Gasteiger partial charge < -0.3 is 10.7 Å². The SMILES string of the molecule is CC#CCCC.CC(=O)C(C)(C)c1cc2nc(N)[nH]c2cc1C. The van der Waals surface area contributed by atoms with Gasteiger partial charge in [-0.25, -0.2) is 4.98 Å². The molecule has 4 nitrogen and oxygen atoms in total. The molecule has 0 amide bonds. The van der Waals surface area contributed by atoms with E-state index in [-0.39, 0.29) is 5.78 Å². The number of aryl methyl sites for hydroxylation is 1. The van der Waals surface area contributed by atoms with Crippen LogP contribution in [0.15, 0.2) is 12.1 Å². The summed E-state index contributed by atoms with van der Waals surface area (Å²) in [5.74, 6) is 6.31. The Balaban J connectivity index is 0.000000379. The first kappa shape index (κ1) is 18.8. The van der Waals surface area contributed by atoms with Gasteiger partial charge in [0, 0.05) is 11.8 Å². The van der Waals surface area contributed by atoms with Crippen LogP contribution < -0.4 is 5.73 Å². The maximum absolute atomic E-state index is 11.7. The predicted molar refractivity (Wildman–Crippen MR) is 97.3 cm³/mol. The van der Waals surface area contributed by atoms with Crippen LogP contribution in [0, 0.1) is 18.8 Å². The number of nitrogens with one attached hydrogen (secondary N) is 1. The number of carbonyl (C=O) groups is 1. The van der Waals surface area contributed by atoms with Crippen molar-refractivity contribution in [2.24, 2.45) is 0 Å². The number of nitrogen functional groups attached to an aromatic ring is 1. The average Bonchev–Trinajstić information content (AvgIpc) is 2.83. The second kappa shape index (κ2) is 7.82. The predicted octanol–water partition coefficient (Wildman–Crippen LogP) is 4.13. The number of Topliss-reactive ketones (excluding diaryl/α,β-unsaturated/α-hetero) is 1. The standard InChI is InChI=1S/C13H17N3O.C6H10/c1-7-5-10-11(16-12(14)15-10)6-9(7)13(3,4)8(2)17;1-3-5-6-4-2/h5-6H,1-4H3,(H3,14,15,16);3,5H2,1-2H3. The van der Waals surface area contributed by atoms with Crippen LogP contribution in [0.4, 0.5) is 5.95 Å². The van der Waals surface area contributed by atoms with E-state index in [9.17, 15) is 4.79 Å². The molecule has 0 radical (unpaired) electrons. The fourth-order valence-electron chi connectivity index (χ4n) is 2.30. The smallest absolute Gasteiger partial charge is 0.198 e. The first-order chi connectivity index (χ1) is 10.7. The van der Waals surface area contributed by atoms with Crippen molar-refractivity contribution >= 4 is 22.8 Å². The van der Waals surface area contributed by atoms with E-state index in [2.05, 4.69) is 28.7 Å². The number of anilines is 1. The van der Waals surface area contributed by atoms with E-state index in [0.29, 0.717) is 5.95 Å². The molecule has 2 aromatic rings. The third kappa shape index (κ3) is 4.59. The van der Waals surface area contributed by atoms with Gasteiger partial charge in [-0.1, -0.05) is 6.92 Å². The highest BCUT2D eigenvalue weighted by molar-refractivity contribution is 5.89. The molecule has 0 bridgehead atoms. The normalized spacial score (nSPS) is 10.5. The molecule has 4 heteroatoms. The number of fused-ring (bicyclic) bond motifs is 1. The van der Waals surface area contributed by atoms with Crippen molar-refractivity contribution < 1.29 is 4.79 Å². The second-order valence-corrected chi connectivity index (χ2v) is 6.16. The molecule has 0 atom stereocenters. The van der Waals surface area contributed by atoms with E-state index in [1.54, 1.807) is 6.92 Å². The minimum atomic E-state index is -0.494. The quantitative estimate of drug-likeness (QED) is 0.837. The zero-order chi connectivity index (χ0) is 17.6. The largest absolute Gasteiger partial charge is 0.369 e. The maximum Gasteiger partial charge on any atom is 0.198 e. The maximum atomic E-state index is 11.7. The lowest BCUT2D eigenvalue weighted by Crippen LogP contribution is -2.27. The minimum absolute atomic E-state index is 0.142. The van der Waals surface area contributed by atoms with Gasteiger partial charge in [-0.05, 0) is 64.3 Å². The summed E-state index contributed by atoms with van der Waals surface area (Å²) >= 11 is 0. The van der Waals surface area contributed by atoms with Crippen LogP contribution >= 0.6 is 0 Å². The molecule has 1 heterocycles. The summed E-state index contributed by atoms with van der Waals surface area (Å²) in [7, 11) is 0. The number of H-pyrrole nitrogens is 1. The van der Waals surface area contributed by atoms with Gasteiger partial charge in [0.2, 0.25) is 0 Å². The number of unbranched alkanes of at least 4 members (excludes halogenated alkanes) is 1. The average molecular weight is 313 g/mol. The number of imidazole rings is 1. The molecule has 0 unspecified atom stereocenters. The van der Waals surface area contributed by atoms with Gasteiger partial charge in [0.15, 0.2) is 5.95 Å². The van der Waals surface area contributed by atoms with Crippen LogP contribution in [0.5, 0.6) is 0 Å². The Hall–Kier alpha value is -2.28. The molecule has 0 aliphatic heterocycles. The van der Waals surface area contributed by atoms with E-state index in [1.807, 2.05) is 39.8 Å². The molecule has 23 heavy (non-hydrogen) atoms. The monoisotopic (exact) mass is 313 g/mol. The number of benzene rings is 1. The topological polar surface area (TPSA) is 71.8 Å². The summed E-state index contributed by atoms with van der Waals surface area (Å²) in [4.78, 5) is 18.9. The van der Waals surface area contributed by atoms with Crippen molar-refractivity contribution in [2.45, 2.75) is 59.8 Å². The number of aromatic nitrogens is 2. The molecule has 2 rings (SSSR count). The number of hydrogen-bond acceptors (Lipinski definition) is 3. The Bertz CT molecular complexity index is 745. The molecule has 0 saturated carbocycles. The van der Waals surface area contributed by atoms with Crippen molar-refractivity contribution in [1.29, 1.82) is 0 Å². The molecule has 0 saturated heterocycles. The number of rotatable bonds is 3. The minimum Gasteiger partial charge on any atom is -0.369 e. The fraction of sp³-hybridized carbons (Fsp3) is 0.474. The van der Waals surface area contributed by atoms with E-state index >= 15 is 0 Å². The zero-order valence-corrected chi connectivity index (χ0v) is 15.0. The van der Waals surface area contributed by atoms with Crippen LogP contribution in [0.1, 0.15) is 58.6 Å². The molecule has 1 aromatic heterocycles. The van der Waals surface area contributed by atoms with Crippen molar-refractivity contribution in [3.05, 3.63) is 23.3 Å². The van der Waals surface area contributed by atoms with Gasteiger partial charge in [-0.2, -0.15) is 0 Å². The Kier molecular flexibility index (Phi) is 6.38. The van der Waals surface area contributed by atoms with Gasteiger partial charge >= 0.3 is 0 Å². The highest BCUT2D eigenvalue weighted by atomic mass is 16.1. The second-order valence-electron chi connectivity index (χ2n) is 6.16. The highest BCUT2D eigenvalue weighted by Crippen LogP contribution is 2.30. The zero-order valence-electron chi connectivity index (χ0n) is 15.0. The molecule has 124 valence electrons. The van der Waals surface area contributed by atoms with E-state index in [1.165, 1.54) is 6.42 Å². The molecular weight excluding hydrogens is 286 g/mol. The molecule has 0 fully saturated rings. The Morgan fingerprint density at radius 2 is 2.04 bits per heavy atom. The van der Waals surface area contributed by atoms with E-state index in [0.717, 1.165) is 28.6 Å². The third-order valence-corrected chi connectivity index (χ3v) is 3.95. The summed E-state index contributed by atoms with van der Waals surface area (Å²) in [6.07, 6.45) is 2.23. The lowest BCUT2D eigenvalue weighted by molar-refractivity contribution is -0.121. The first-order valence-corrected chi connectivity index (χ1v) is 7.91. The van der Waals surface area contributed by atoms with Crippen LogP contribution in [0.25, 0.3) is 11.0 Å². The molecule has 0 aliphatic carbocycles. The van der Waals surface area contributed by atoms with Crippen molar-refractivity contribution in [3.63, 3.8) is 0 Å². The summed E-state index contributed by atoms with van der Waals surface area (Å²) < 4.78 is 0. The van der Waals surface area contributed by atoms with E-state index < -0.39 is 5.41 Å². The van der Waals surface area contributed by atoms with Crippen molar-refractivity contribution in [2.75, 3.05) is 5.73 Å². The van der Waals surface area contributed by atoms with Gasteiger partial charge in [0.1, 0.15) is 5.78 Å². The molecule has 0 aliphatic rings. The number of aromatic amines is 1. The Morgan fingerprint density at radius 1 is 1.39 bits per heavy atom.